The van der Waals surface area contributed by atoms with Gasteiger partial charge >= 0.3 is 0 Å². The van der Waals surface area contributed by atoms with Crippen LogP contribution >= 0.6 is 0 Å². The van der Waals surface area contributed by atoms with Crippen molar-refractivity contribution >= 4 is 33.1 Å². The number of benzene rings is 4. The summed E-state index contributed by atoms with van der Waals surface area (Å²) in [5.41, 5.74) is 10.5. The van der Waals surface area contributed by atoms with Crippen molar-refractivity contribution in [1.29, 1.82) is 0 Å². The van der Waals surface area contributed by atoms with Crippen molar-refractivity contribution in [3.63, 3.8) is 0 Å². The molecular weight excluding hydrogens is 793 g/mol. The van der Waals surface area contributed by atoms with E-state index in [4.69, 9.17) is 22.6 Å². The third-order valence-corrected chi connectivity index (χ3v) is 8.64. The first-order valence-electron chi connectivity index (χ1n) is 19.4. The summed E-state index contributed by atoms with van der Waals surface area (Å²) in [4.78, 5) is 14.0. The van der Waals surface area contributed by atoms with E-state index in [9.17, 15) is 0 Å². The summed E-state index contributed by atoms with van der Waals surface area (Å²) >= 11 is 0. The Kier molecular flexibility index (Phi) is 8.10. The van der Waals surface area contributed by atoms with Crippen LogP contribution in [-0.4, -0.2) is 19.5 Å². The van der Waals surface area contributed by atoms with Crippen LogP contribution in [0.1, 0.15) is 75.7 Å². The fourth-order valence-electron chi connectivity index (χ4n) is 6.21. The molecule has 1 radical (unpaired) electrons. The number of hydrogen-bond acceptors (Lipinski definition) is 4. The standard InChI is InChI=1S/C31H28N3O.C13H12N.Ir/c1-18(2)21-11-8-12-22(19(3)4)28(21)34-26-17-16-20(5)32-30(26)33-31(34)25-14-9-13-24-23-10-6-7-15-27(23)35-29(24)25;1-10-3-6-12(7-4-10)13-8-5-11(2)9-14-13;/h6-13,15-19H,1-5H3;3-6,8-9H,1-2H3;/q2*-1;/i;1D3,2D3;. The fraction of sp³-hybridized carbons (Fsp3) is 0.205. The van der Waals surface area contributed by atoms with Gasteiger partial charge in [0.15, 0.2) is 5.65 Å². The number of furan rings is 1. The first-order valence-corrected chi connectivity index (χ1v) is 16.4. The Morgan fingerprint density at radius 3 is 2.20 bits per heavy atom. The summed E-state index contributed by atoms with van der Waals surface area (Å²) in [6, 6.07) is 36.9. The van der Waals surface area contributed by atoms with E-state index in [0.29, 0.717) is 23.1 Å². The number of imidazole rings is 1. The first-order chi connectivity index (χ1) is 26.1. The Hall–Kier alpha value is -4.90. The minimum Gasteiger partial charge on any atom is -0.501 e. The molecule has 0 saturated carbocycles. The molecule has 0 aliphatic carbocycles. The molecule has 8 aromatic rings. The molecule has 6 heteroatoms. The zero-order valence-electron chi connectivity index (χ0n) is 34.5. The molecule has 4 heterocycles. The first kappa shape index (κ1) is 27.9. The number of para-hydroxylation sites is 2. The van der Waals surface area contributed by atoms with Gasteiger partial charge in [0, 0.05) is 51.3 Å². The second kappa shape index (κ2) is 14.5. The van der Waals surface area contributed by atoms with Crippen LogP contribution in [0.2, 0.25) is 0 Å². The molecule has 0 N–H and O–H groups in total. The number of fused-ring (bicyclic) bond motifs is 4. The Labute approximate surface area is 316 Å². The van der Waals surface area contributed by atoms with E-state index < -0.39 is 13.7 Å². The van der Waals surface area contributed by atoms with Gasteiger partial charge in [-0.2, -0.15) is 0 Å². The number of hydrogen-bond donors (Lipinski definition) is 0. The van der Waals surface area contributed by atoms with Gasteiger partial charge in [-0.3, -0.25) is 4.98 Å². The van der Waals surface area contributed by atoms with E-state index in [2.05, 4.69) is 91.8 Å². The van der Waals surface area contributed by atoms with Gasteiger partial charge in [0.25, 0.3) is 0 Å². The molecule has 0 saturated heterocycles. The SMILES string of the molecule is Cc1ccc2c(n1)nc(-c1[c-]ccc3c1oc1ccccc13)n2-c1c(C(C)C)cccc1C(C)C.[2H]C([2H])([2H])c1c[c-]c(-c2ccc(C([2H])([2H])[2H])cn2)cc1.[Ir]. The Morgan fingerprint density at radius 1 is 0.760 bits per heavy atom. The maximum atomic E-state index is 7.28. The summed E-state index contributed by atoms with van der Waals surface area (Å²) < 4.78 is 52.3. The fourth-order valence-corrected chi connectivity index (χ4v) is 6.21. The third kappa shape index (κ3) is 6.66. The van der Waals surface area contributed by atoms with Gasteiger partial charge in [-0.15, -0.1) is 53.6 Å². The molecule has 0 aliphatic heterocycles. The molecule has 4 aromatic carbocycles. The molecule has 253 valence electrons. The Bertz CT molecular complexity index is 2560. The van der Waals surface area contributed by atoms with Crippen molar-refractivity contribution < 1.29 is 32.7 Å². The van der Waals surface area contributed by atoms with Crippen LogP contribution in [0.25, 0.3) is 61.4 Å². The average molecular weight is 839 g/mol. The maximum Gasteiger partial charge on any atom is 0.168 e. The van der Waals surface area contributed by atoms with Crippen molar-refractivity contribution in [2.75, 3.05) is 0 Å². The van der Waals surface area contributed by atoms with E-state index in [1.165, 1.54) is 41.2 Å². The summed E-state index contributed by atoms with van der Waals surface area (Å²) in [5, 5.41) is 2.16. The summed E-state index contributed by atoms with van der Waals surface area (Å²) in [6.07, 6.45) is 1.30. The van der Waals surface area contributed by atoms with E-state index in [0.717, 1.165) is 50.2 Å². The van der Waals surface area contributed by atoms with Crippen molar-refractivity contribution in [3.05, 3.63) is 143 Å². The van der Waals surface area contributed by atoms with E-state index in [-0.39, 0.29) is 31.2 Å². The minimum absolute atomic E-state index is 0. The zero-order valence-corrected chi connectivity index (χ0v) is 30.9. The molecule has 0 atom stereocenters. The van der Waals surface area contributed by atoms with Gasteiger partial charge in [-0.1, -0.05) is 94.0 Å². The van der Waals surface area contributed by atoms with Crippen LogP contribution in [-0.2, 0) is 20.1 Å². The van der Waals surface area contributed by atoms with Crippen molar-refractivity contribution in [2.24, 2.45) is 0 Å². The summed E-state index contributed by atoms with van der Waals surface area (Å²) in [5.74, 6) is 1.49. The number of pyridine rings is 2. The molecule has 0 amide bonds. The van der Waals surface area contributed by atoms with Gasteiger partial charge in [0.1, 0.15) is 5.58 Å². The average Bonchev–Trinajstić information content (AvgIpc) is 3.72. The smallest absolute Gasteiger partial charge is 0.168 e. The molecule has 8 rings (SSSR count). The van der Waals surface area contributed by atoms with Gasteiger partial charge < -0.3 is 14.0 Å². The van der Waals surface area contributed by atoms with Gasteiger partial charge in [0.2, 0.25) is 0 Å². The predicted molar refractivity (Wildman–Crippen MR) is 201 cm³/mol. The molecule has 0 bridgehead atoms. The predicted octanol–water partition coefficient (Wildman–Crippen LogP) is 11.5. The number of aromatic nitrogens is 4. The van der Waals surface area contributed by atoms with Crippen molar-refractivity contribution in [1.82, 2.24) is 19.5 Å². The molecule has 0 spiro atoms. The van der Waals surface area contributed by atoms with Gasteiger partial charge in [-0.25, -0.2) is 4.98 Å². The zero-order chi connectivity index (χ0) is 39.2. The third-order valence-electron chi connectivity index (χ3n) is 8.64. The van der Waals surface area contributed by atoms with Crippen LogP contribution < -0.4 is 0 Å². The summed E-state index contributed by atoms with van der Waals surface area (Å²) in [7, 11) is 0. The molecule has 50 heavy (non-hydrogen) atoms. The Balaban J connectivity index is 0.000000217. The van der Waals surface area contributed by atoms with Crippen molar-refractivity contribution in [2.45, 2.75) is 60.2 Å². The molecular formula is C44H40IrN4O-2. The van der Waals surface area contributed by atoms with Gasteiger partial charge in [0.05, 0.1) is 16.9 Å². The van der Waals surface area contributed by atoms with Crippen LogP contribution in [0, 0.1) is 32.8 Å². The minimum atomic E-state index is -2.18. The quantitative estimate of drug-likeness (QED) is 0.162. The largest absolute Gasteiger partial charge is 0.501 e. The number of rotatable bonds is 5. The molecule has 5 nitrogen and oxygen atoms in total. The van der Waals surface area contributed by atoms with E-state index >= 15 is 0 Å². The molecule has 0 fully saturated rings. The number of nitrogens with zero attached hydrogens (tertiary/aromatic N) is 4. The van der Waals surface area contributed by atoms with E-state index in [1.54, 1.807) is 12.1 Å². The molecule has 0 aliphatic rings. The summed E-state index contributed by atoms with van der Waals surface area (Å²) in [6.45, 7) is 6.65. The molecule has 4 aromatic heterocycles. The van der Waals surface area contributed by atoms with Crippen LogP contribution in [0.5, 0.6) is 0 Å². The van der Waals surface area contributed by atoms with Crippen LogP contribution in [0.15, 0.2) is 108 Å². The normalized spacial score (nSPS) is 13.6. The molecule has 0 unspecified atom stereocenters. The van der Waals surface area contributed by atoms with Crippen molar-refractivity contribution in [3.8, 4) is 28.3 Å². The topological polar surface area (TPSA) is 56.7 Å². The second-order valence-corrected chi connectivity index (χ2v) is 12.8. The van der Waals surface area contributed by atoms with Gasteiger partial charge in [-0.05, 0) is 66.2 Å². The van der Waals surface area contributed by atoms with Crippen LogP contribution in [0.4, 0.5) is 0 Å². The Morgan fingerprint density at radius 2 is 1.52 bits per heavy atom. The van der Waals surface area contributed by atoms with E-state index in [1.807, 2.05) is 31.2 Å². The van der Waals surface area contributed by atoms with Crippen LogP contribution in [0.3, 0.4) is 0 Å². The second-order valence-electron chi connectivity index (χ2n) is 12.8. The number of aryl methyl sites for hydroxylation is 3. The maximum absolute atomic E-state index is 7.28. The monoisotopic (exact) mass is 839 g/mol.